The Labute approximate surface area is 80.3 Å². The van der Waals surface area contributed by atoms with E-state index in [0.29, 0.717) is 6.42 Å². The third kappa shape index (κ3) is 5.03. The van der Waals surface area contributed by atoms with E-state index < -0.39 is 11.7 Å². The van der Waals surface area contributed by atoms with Crippen LogP contribution in [-0.4, -0.2) is 28.5 Å². The van der Waals surface area contributed by atoms with Crippen molar-refractivity contribution in [2.45, 2.75) is 45.3 Å². The van der Waals surface area contributed by atoms with Crippen LogP contribution in [0.4, 0.5) is 0 Å². The van der Waals surface area contributed by atoms with Gasteiger partial charge >= 0.3 is 0 Å². The summed E-state index contributed by atoms with van der Waals surface area (Å²) in [4.78, 5) is 0. The van der Waals surface area contributed by atoms with Gasteiger partial charge in [-0.15, -0.1) is 0 Å². The second-order valence-corrected chi connectivity index (χ2v) is 3.93. The largest absolute Gasteiger partial charge is 0.389 e. The van der Waals surface area contributed by atoms with Gasteiger partial charge in [0.1, 0.15) is 0 Å². The van der Waals surface area contributed by atoms with E-state index in [0.717, 1.165) is 6.42 Å². The molecular weight excluding hydrogens is 166 g/mol. The second-order valence-electron chi connectivity index (χ2n) is 3.93. The SMILES string of the molecule is CC(C)=CCCC(C)(O)C(O)CN. The molecule has 78 valence electrons. The average molecular weight is 187 g/mol. The molecule has 2 atom stereocenters. The fourth-order valence-corrected chi connectivity index (χ4v) is 1.07. The quantitative estimate of drug-likeness (QED) is 0.558. The maximum absolute atomic E-state index is 9.74. The minimum absolute atomic E-state index is 0.0990. The highest BCUT2D eigenvalue weighted by Crippen LogP contribution is 2.17. The molecule has 4 N–H and O–H groups in total. The molecule has 0 aromatic heterocycles. The van der Waals surface area contributed by atoms with Gasteiger partial charge in [-0.3, -0.25) is 0 Å². The fourth-order valence-electron chi connectivity index (χ4n) is 1.07. The van der Waals surface area contributed by atoms with Gasteiger partial charge in [-0.05, 0) is 33.6 Å². The molecule has 0 fully saturated rings. The predicted molar refractivity (Wildman–Crippen MR) is 54.4 cm³/mol. The zero-order valence-electron chi connectivity index (χ0n) is 8.75. The number of hydrogen-bond donors (Lipinski definition) is 3. The van der Waals surface area contributed by atoms with Gasteiger partial charge in [-0.25, -0.2) is 0 Å². The van der Waals surface area contributed by atoms with Crippen molar-refractivity contribution in [3.05, 3.63) is 11.6 Å². The first kappa shape index (κ1) is 12.6. The Bertz CT molecular complexity index is 172. The molecular formula is C10H21NO2. The lowest BCUT2D eigenvalue weighted by molar-refractivity contribution is -0.0611. The lowest BCUT2D eigenvalue weighted by Crippen LogP contribution is -2.43. The Morgan fingerprint density at radius 1 is 1.54 bits per heavy atom. The standard InChI is InChI=1S/C10H21NO2/c1-8(2)5-4-6-10(3,13)9(12)7-11/h5,9,12-13H,4,6-7,11H2,1-3H3. The fraction of sp³-hybridized carbons (Fsp3) is 0.800. The molecule has 0 aromatic carbocycles. The minimum Gasteiger partial charge on any atom is -0.389 e. The highest BCUT2D eigenvalue weighted by molar-refractivity contribution is 4.95. The molecule has 0 spiro atoms. The Morgan fingerprint density at radius 3 is 2.46 bits per heavy atom. The molecule has 3 nitrogen and oxygen atoms in total. The minimum atomic E-state index is -1.07. The van der Waals surface area contributed by atoms with Gasteiger partial charge in [0.05, 0.1) is 11.7 Å². The van der Waals surface area contributed by atoms with Crippen molar-refractivity contribution >= 4 is 0 Å². The smallest absolute Gasteiger partial charge is 0.0946 e. The van der Waals surface area contributed by atoms with Crippen molar-refractivity contribution in [3.63, 3.8) is 0 Å². The van der Waals surface area contributed by atoms with Crippen LogP contribution in [0.25, 0.3) is 0 Å². The van der Waals surface area contributed by atoms with E-state index in [1.54, 1.807) is 6.92 Å². The van der Waals surface area contributed by atoms with Crippen molar-refractivity contribution in [2.75, 3.05) is 6.54 Å². The van der Waals surface area contributed by atoms with Crippen LogP contribution in [0.1, 0.15) is 33.6 Å². The van der Waals surface area contributed by atoms with Gasteiger partial charge in [0.25, 0.3) is 0 Å². The second kappa shape index (κ2) is 5.37. The number of allylic oxidation sites excluding steroid dienone is 2. The van der Waals surface area contributed by atoms with Gasteiger partial charge in [0.15, 0.2) is 0 Å². The summed E-state index contributed by atoms with van der Waals surface area (Å²) in [5.41, 5.74) is 5.42. The number of nitrogens with two attached hydrogens (primary N) is 1. The summed E-state index contributed by atoms with van der Waals surface area (Å²) >= 11 is 0. The molecule has 0 radical (unpaired) electrons. The van der Waals surface area contributed by atoms with E-state index in [1.807, 2.05) is 19.9 Å². The molecule has 2 unspecified atom stereocenters. The van der Waals surface area contributed by atoms with E-state index in [4.69, 9.17) is 5.73 Å². The van der Waals surface area contributed by atoms with Crippen molar-refractivity contribution < 1.29 is 10.2 Å². The third-order valence-corrected chi connectivity index (χ3v) is 2.14. The number of hydrogen-bond acceptors (Lipinski definition) is 3. The predicted octanol–water partition coefficient (Wildman–Crippen LogP) is 0.803. The summed E-state index contributed by atoms with van der Waals surface area (Å²) in [5.74, 6) is 0. The Kier molecular flexibility index (Phi) is 5.21. The molecule has 0 amide bonds. The van der Waals surface area contributed by atoms with E-state index in [1.165, 1.54) is 5.57 Å². The summed E-state index contributed by atoms with van der Waals surface area (Å²) in [7, 11) is 0. The van der Waals surface area contributed by atoms with Crippen LogP contribution in [-0.2, 0) is 0 Å². The zero-order chi connectivity index (χ0) is 10.5. The molecule has 0 saturated carbocycles. The van der Waals surface area contributed by atoms with Crippen LogP contribution in [0, 0.1) is 0 Å². The van der Waals surface area contributed by atoms with E-state index in [9.17, 15) is 10.2 Å². The summed E-state index contributed by atoms with van der Waals surface area (Å²) in [5, 5.41) is 19.1. The molecule has 3 heteroatoms. The van der Waals surface area contributed by atoms with Gasteiger partial charge < -0.3 is 15.9 Å². The average Bonchev–Trinajstić information content (AvgIpc) is 2.01. The van der Waals surface area contributed by atoms with Crippen LogP contribution in [0.2, 0.25) is 0 Å². The van der Waals surface area contributed by atoms with E-state index in [-0.39, 0.29) is 6.54 Å². The molecule has 0 saturated heterocycles. The summed E-state index contributed by atoms with van der Waals surface area (Å²) < 4.78 is 0. The van der Waals surface area contributed by atoms with Crippen LogP contribution < -0.4 is 5.73 Å². The van der Waals surface area contributed by atoms with Crippen molar-refractivity contribution in [2.24, 2.45) is 5.73 Å². The molecule has 0 aliphatic rings. The molecule has 13 heavy (non-hydrogen) atoms. The van der Waals surface area contributed by atoms with Crippen LogP contribution in [0.3, 0.4) is 0 Å². The van der Waals surface area contributed by atoms with E-state index >= 15 is 0 Å². The van der Waals surface area contributed by atoms with Crippen LogP contribution >= 0.6 is 0 Å². The highest BCUT2D eigenvalue weighted by atomic mass is 16.3. The van der Waals surface area contributed by atoms with E-state index in [2.05, 4.69) is 0 Å². The number of aliphatic hydroxyl groups is 2. The molecule has 0 aromatic rings. The topological polar surface area (TPSA) is 66.5 Å². The molecule has 0 bridgehead atoms. The normalized spacial score (nSPS) is 17.7. The van der Waals surface area contributed by atoms with Crippen LogP contribution in [0.15, 0.2) is 11.6 Å². The first-order valence-electron chi connectivity index (χ1n) is 4.64. The van der Waals surface area contributed by atoms with Gasteiger partial charge in [-0.1, -0.05) is 11.6 Å². The zero-order valence-corrected chi connectivity index (χ0v) is 8.75. The molecule has 0 rings (SSSR count). The monoisotopic (exact) mass is 187 g/mol. The summed E-state index contributed by atoms with van der Waals surface area (Å²) in [6.45, 7) is 5.73. The Hall–Kier alpha value is -0.380. The molecule has 0 aliphatic heterocycles. The Morgan fingerprint density at radius 2 is 2.08 bits per heavy atom. The van der Waals surface area contributed by atoms with Crippen molar-refractivity contribution in [1.82, 2.24) is 0 Å². The highest BCUT2D eigenvalue weighted by Gasteiger charge is 2.27. The lowest BCUT2D eigenvalue weighted by Gasteiger charge is -2.27. The van der Waals surface area contributed by atoms with Crippen molar-refractivity contribution in [1.29, 1.82) is 0 Å². The van der Waals surface area contributed by atoms with Crippen LogP contribution in [0.5, 0.6) is 0 Å². The first-order chi connectivity index (χ1) is 5.90. The molecule has 0 aliphatic carbocycles. The maximum Gasteiger partial charge on any atom is 0.0946 e. The first-order valence-corrected chi connectivity index (χ1v) is 4.64. The Balaban J connectivity index is 3.96. The summed E-state index contributed by atoms with van der Waals surface area (Å²) in [6, 6.07) is 0. The number of aliphatic hydroxyl groups excluding tert-OH is 1. The van der Waals surface area contributed by atoms with Gasteiger partial charge in [-0.2, -0.15) is 0 Å². The van der Waals surface area contributed by atoms with Gasteiger partial charge in [0, 0.05) is 6.54 Å². The number of rotatable bonds is 5. The third-order valence-electron chi connectivity index (χ3n) is 2.14. The van der Waals surface area contributed by atoms with Gasteiger partial charge in [0.2, 0.25) is 0 Å². The molecule has 0 heterocycles. The lowest BCUT2D eigenvalue weighted by atomic mass is 9.93. The maximum atomic E-state index is 9.74. The summed E-state index contributed by atoms with van der Waals surface area (Å²) in [6.07, 6.45) is 2.51. The van der Waals surface area contributed by atoms with Crippen molar-refractivity contribution in [3.8, 4) is 0 Å².